The quantitative estimate of drug-likeness (QED) is 0.797. The van der Waals surface area contributed by atoms with Crippen LogP contribution in [0, 0.1) is 0 Å². The SMILES string of the molecule is C[C@H](c1ccccc1)N(C)C(=O)CN1CCCN(S(C)(=O)=O)CC1. The van der Waals surface area contributed by atoms with Gasteiger partial charge in [-0.3, -0.25) is 9.69 Å². The molecule has 1 saturated heterocycles. The smallest absolute Gasteiger partial charge is 0.236 e. The van der Waals surface area contributed by atoms with E-state index in [1.165, 1.54) is 10.6 Å². The summed E-state index contributed by atoms with van der Waals surface area (Å²) in [5, 5.41) is 0. The highest BCUT2D eigenvalue weighted by Crippen LogP contribution is 2.18. The summed E-state index contributed by atoms with van der Waals surface area (Å²) >= 11 is 0. The molecule has 0 N–H and O–H groups in total. The first-order valence-corrected chi connectivity index (χ1v) is 10.1. The predicted molar refractivity (Wildman–Crippen MR) is 95.1 cm³/mol. The largest absolute Gasteiger partial charge is 0.338 e. The fourth-order valence-electron chi connectivity index (χ4n) is 2.91. The lowest BCUT2D eigenvalue weighted by Crippen LogP contribution is -2.41. The summed E-state index contributed by atoms with van der Waals surface area (Å²) in [6.45, 7) is 4.65. The molecule has 134 valence electrons. The van der Waals surface area contributed by atoms with Gasteiger partial charge < -0.3 is 4.90 Å². The van der Waals surface area contributed by atoms with Crippen LogP contribution >= 0.6 is 0 Å². The second kappa shape index (κ2) is 8.09. The lowest BCUT2D eigenvalue weighted by molar-refractivity contribution is -0.133. The molecular weight excluding hydrogens is 326 g/mol. The van der Waals surface area contributed by atoms with Crippen LogP contribution in [0.3, 0.4) is 0 Å². The van der Waals surface area contributed by atoms with Gasteiger partial charge in [0.15, 0.2) is 0 Å². The van der Waals surface area contributed by atoms with Crippen molar-refractivity contribution in [2.75, 3.05) is 46.0 Å². The van der Waals surface area contributed by atoms with E-state index in [0.717, 1.165) is 18.5 Å². The first kappa shape index (κ1) is 18.9. The first-order valence-electron chi connectivity index (χ1n) is 8.27. The third-order valence-electron chi connectivity index (χ3n) is 4.63. The number of benzene rings is 1. The highest BCUT2D eigenvalue weighted by Gasteiger charge is 2.24. The first-order chi connectivity index (χ1) is 11.3. The topological polar surface area (TPSA) is 60.9 Å². The van der Waals surface area contributed by atoms with Gasteiger partial charge in [0.05, 0.1) is 18.8 Å². The zero-order chi connectivity index (χ0) is 17.7. The van der Waals surface area contributed by atoms with Crippen LogP contribution in [0.5, 0.6) is 0 Å². The molecule has 0 aliphatic carbocycles. The number of hydrogen-bond acceptors (Lipinski definition) is 4. The molecule has 1 aromatic carbocycles. The minimum atomic E-state index is -3.16. The van der Waals surface area contributed by atoms with E-state index in [1.807, 2.05) is 49.2 Å². The van der Waals surface area contributed by atoms with Crippen molar-refractivity contribution in [3.8, 4) is 0 Å². The van der Waals surface area contributed by atoms with Gasteiger partial charge in [-0.25, -0.2) is 12.7 Å². The van der Waals surface area contributed by atoms with Crippen LogP contribution in [0.1, 0.15) is 24.9 Å². The number of carbonyl (C=O) groups is 1. The van der Waals surface area contributed by atoms with Crippen molar-refractivity contribution < 1.29 is 13.2 Å². The van der Waals surface area contributed by atoms with Crippen LogP contribution in [0.4, 0.5) is 0 Å². The summed E-state index contributed by atoms with van der Waals surface area (Å²) in [5.74, 6) is 0.0548. The third kappa shape index (κ3) is 5.03. The van der Waals surface area contributed by atoms with Crippen LogP contribution in [0.2, 0.25) is 0 Å². The van der Waals surface area contributed by atoms with E-state index in [9.17, 15) is 13.2 Å². The minimum absolute atomic E-state index is 0.0122. The van der Waals surface area contributed by atoms with Crippen LogP contribution in [-0.2, 0) is 14.8 Å². The molecule has 7 heteroatoms. The molecule has 0 spiro atoms. The van der Waals surface area contributed by atoms with Crippen molar-refractivity contribution in [2.24, 2.45) is 0 Å². The van der Waals surface area contributed by atoms with Crippen molar-refractivity contribution in [3.05, 3.63) is 35.9 Å². The maximum Gasteiger partial charge on any atom is 0.236 e. The fourth-order valence-corrected chi connectivity index (χ4v) is 3.79. The van der Waals surface area contributed by atoms with Gasteiger partial charge in [0, 0.05) is 26.7 Å². The normalized spacial score (nSPS) is 18.8. The fraction of sp³-hybridized carbons (Fsp3) is 0.588. The summed E-state index contributed by atoms with van der Waals surface area (Å²) in [6, 6.07) is 9.95. The second-order valence-electron chi connectivity index (χ2n) is 6.38. The van der Waals surface area contributed by atoms with Crippen LogP contribution in [0.15, 0.2) is 30.3 Å². The summed E-state index contributed by atoms with van der Waals surface area (Å²) in [5.41, 5.74) is 1.10. The number of hydrogen-bond donors (Lipinski definition) is 0. The Hall–Kier alpha value is -1.44. The Balaban J connectivity index is 1.92. The van der Waals surface area contributed by atoms with Gasteiger partial charge in [-0.1, -0.05) is 30.3 Å². The second-order valence-corrected chi connectivity index (χ2v) is 8.37. The number of likely N-dealkylation sites (N-methyl/N-ethyl adjacent to an activating group) is 1. The van der Waals surface area contributed by atoms with E-state index in [-0.39, 0.29) is 11.9 Å². The summed E-state index contributed by atoms with van der Waals surface area (Å²) < 4.78 is 24.8. The maximum atomic E-state index is 12.6. The van der Waals surface area contributed by atoms with Crippen LogP contribution in [0.25, 0.3) is 0 Å². The van der Waals surface area contributed by atoms with Gasteiger partial charge in [0.1, 0.15) is 0 Å². The molecule has 0 bridgehead atoms. The molecule has 0 aromatic heterocycles. The molecule has 1 fully saturated rings. The van der Waals surface area contributed by atoms with Gasteiger partial charge in [0.25, 0.3) is 0 Å². The molecule has 1 atom stereocenters. The molecule has 1 aliphatic heterocycles. The van der Waals surface area contributed by atoms with Gasteiger partial charge in [-0.05, 0) is 25.5 Å². The molecule has 1 heterocycles. The van der Waals surface area contributed by atoms with Gasteiger partial charge >= 0.3 is 0 Å². The monoisotopic (exact) mass is 353 g/mol. The van der Waals surface area contributed by atoms with Crippen molar-refractivity contribution >= 4 is 15.9 Å². The van der Waals surface area contributed by atoms with Crippen molar-refractivity contribution in [1.82, 2.24) is 14.1 Å². The van der Waals surface area contributed by atoms with E-state index in [1.54, 1.807) is 4.90 Å². The Bertz CT molecular complexity index is 648. The highest BCUT2D eigenvalue weighted by atomic mass is 32.2. The van der Waals surface area contributed by atoms with E-state index < -0.39 is 10.0 Å². The molecule has 0 saturated carbocycles. The summed E-state index contributed by atoms with van der Waals surface area (Å²) in [6.07, 6.45) is 1.99. The molecular formula is C17H27N3O3S. The number of sulfonamides is 1. The Kier molecular flexibility index (Phi) is 6.37. The Morgan fingerprint density at radius 3 is 2.46 bits per heavy atom. The van der Waals surface area contributed by atoms with E-state index in [2.05, 4.69) is 0 Å². The predicted octanol–water partition coefficient (Wildman–Crippen LogP) is 1.17. The average molecular weight is 353 g/mol. The standard InChI is InChI=1S/C17H27N3O3S/c1-15(16-8-5-4-6-9-16)18(2)17(21)14-19-10-7-11-20(13-12-19)24(3,22)23/h4-6,8-9,15H,7,10-14H2,1-3H3/t15-/m1/s1. The Labute approximate surface area is 145 Å². The molecule has 2 rings (SSSR count). The highest BCUT2D eigenvalue weighted by molar-refractivity contribution is 7.88. The molecule has 0 unspecified atom stereocenters. The van der Waals surface area contributed by atoms with Crippen LogP contribution < -0.4 is 0 Å². The number of nitrogens with zero attached hydrogens (tertiary/aromatic N) is 3. The summed E-state index contributed by atoms with van der Waals surface area (Å²) in [7, 11) is -1.34. The van der Waals surface area contributed by atoms with Crippen molar-refractivity contribution in [3.63, 3.8) is 0 Å². The summed E-state index contributed by atoms with van der Waals surface area (Å²) in [4.78, 5) is 16.4. The lowest BCUT2D eigenvalue weighted by atomic mass is 10.1. The zero-order valence-corrected chi connectivity index (χ0v) is 15.5. The van der Waals surface area contributed by atoms with Crippen molar-refractivity contribution in [2.45, 2.75) is 19.4 Å². The van der Waals surface area contributed by atoms with E-state index in [4.69, 9.17) is 0 Å². The van der Waals surface area contributed by atoms with Crippen molar-refractivity contribution in [1.29, 1.82) is 0 Å². The van der Waals surface area contributed by atoms with Crippen LogP contribution in [-0.4, -0.2) is 74.5 Å². The molecule has 24 heavy (non-hydrogen) atoms. The molecule has 1 aliphatic rings. The minimum Gasteiger partial charge on any atom is -0.338 e. The Morgan fingerprint density at radius 2 is 1.83 bits per heavy atom. The molecule has 0 radical (unpaired) electrons. The number of amides is 1. The number of rotatable bonds is 5. The number of carbonyl (C=O) groups excluding carboxylic acids is 1. The van der Waals surface area contributed by atoms with Gasteiger partial charge in [-0.2, -0.15) is 0 Å². The lowest BCUT2D eigenvalue weighted by Gasteiger charge is -2.28. The van der Waals surface area contributed by atoms with E-state index >= 15 is 0 Å². The molecule has 6 nitrogen and oxygen atoms in total. The van der Waals surface area contributed by atoms with Gasteiger partial charge in [0.2, 0.25) is 15.9 Å². The van der Waals surface area contributed by atoms with Gasteiger partial charge in [-0.15, -0.1) is 0 Å². The Morgan fingerprint density at radius 1 is 1.17 bits per heavy atom. The molecule has 1 aromatic rings. The molecule has 1 amide bonds. The average Bonchev–Trinajstić information content (AvgIpc) is 2.79. The van der Waals surface area contributed by atoms with E-state index in [0.29, 0.717) is 26.2 Å². The third-order valence-corrected chi connectivity index (χ3v) is 5.93. The maximum absolute atomic E-state index is 12.6. The zero-order valence-electron chi connectivity index (χ0n) is 14.7.